The second-order valence-corrected chi connectivity index (χ2v) is 6.35. The van der Waals surface area contributed by atoms with Crippen LogP contribution in [0, 0.1) is 0 Å². The van der Waals surface area contributed by atoms with Crippen molar-refractivity contribution in [1.82, 2.24) is 20.2 Å². The summed E-state index contributed by atoms with van der Waals surface area (Å²) < 4.78 is 44.6. The lowest BCUT2D eigenvalue weighted by molar-refractivity contribution is -0.138. The molecule has 11 heteroatoms. The Hall–Kier alpha value is -3.14. The molecule has 0 saturated carbocycles. The van der Waals surface area contributed by atoms with Crippen LogP contribution in [0.4, 0.5) is 18.9 Å². The molecule has 2 aromatic heterocycles. The summed E-state index contributed by atoms with van der Waals surface area (Å²) in [7, 11) is 0. The maximum absolute atomic E-state index is 13.1. The summed E-state index contributed by atoms with van der Waals surface area (Å²) in [5, 5.41) is 5.95. The number of nitrogens with zero attached hydrogens (tertiary/aromatic N) is 4. The van der Waals surface area contributed by atoms with Gasteiger partial charge < -0.3 is 9.64 Å². The average Bonchev–Trinajstić information content (AvgIpc) is 3.06. The molecule has 7 nitrogen and oxygen atoms in total. The molecule has 4 rings (SSSR count). The maximum atomic E-state index is 13.1. The van der Waals surface area contributed by atoms with Gasteiger partial charge in [0.25, 0.3) is 5.56 Å². The van der Waals surface area contributed by atoms with Crippen molar-refractivity contribution < 1.29 is 17.9 Å². The highest BCUT2D eigenvalue weighted by Gasteiger charge is 2.34. The zero-order valence-electron chi connectivity index (χ0n) is 14.0. The second kappa shape index (κ2) is 6.79. The molecule has 0 saturated heterocycles. The Morgan fingerprint density at radius 1 is 1.18 bits per heavy atom. The lowest BCUT2D eigenvalue weighted by Gasteiger charge is -2.17. The zero-order chi connectivity index (χ0) is 19.9. The van der Waals surface area contributed by atoms with E-state index in [1.165, 1.54) is 30.6 Å². The molecule has 0 bridgehead atoms. The lowest BCUT2D eigenvalue weighted by Crippen LogP contribution is -2.20. The first-order valence-corrected chi connectivity index (χ1v) is 8.37. The number of hydrogen-bond acceptors (Lipinski definition) is 6. The summed E-state index contributed by atoms with van der Waals surface area (Å²) in [6, 6.07) is 4.63. The van der Waals surface area contributed by atoms with Crippen LogP contribution >= 0.6 is 11.6 Å². The molecular weight excluding hydrogens is 399 g/mol. The van der Waals surface area contributed by atoms with E-state index in [0.717, 1.165) is 11.6 Å². The number of aromatic nitrogens is 4. The second-order valence-electron chi connectivity index (χ2n) is 5.97. The number of aromatic amines is 1. The molecule has 1 aliphatic rings. The van der Waals surface area contributed by atoms with Crippen LogP contribution in [-0.2, 0) is 19.3 Å². The van der Waals surface area contributed by atoms with E-state index in [2.05, 4.69) is 20.2 Å². The summed E-state index contributed by atoms with van der Waals surface area (Å²) in [5.41, 5.74) is 0.294. The maximum Gasteiger partial charge on any atom is 0.419 e. The molecule has 0 spiro atoms. The highest BCUT2D eigenvalue weighted by Crippen LogP contribution is 2.37. The summed E-state index contributed by atoms with van der Waals surface area (Å²) in [5.74, 6) is -0.383. The number of halogens is 4. The van der Waals surface area contributed by atoms with Gasteiger partial charge in [-0.3, -0.25) is 4.79 Å². The van der Waals surface area contributed by atoms with Crippen molar-refractivity contribution in [3.05, 3.63) is 68.9 Å². The van der Waals surface area contributed by atoms with Gasteiger partial charge in [-0.15, -0.1) is 0 Å². The van der Waals surface area contributed by atoms with Gasteiger partial charge in [0.15, 0.2) is 0 Å². The number of alkyl halides is 3. The minimum absolute atomic E-state index is 0.00802. The topological polar surface area (TPSA) is 84.0 Å². The van der Waals surface area contributed by atoms with Gasteiger partial charge in [-0.2, -0.15) is 23.3 Å². The van der Waals surface area contributed by atoms with E-state index in [-0.39, 0.29) is 23.3 Å². The van der Waals surface area contributed by atoms with Crippen LogP contribution in [-0.4, -0.2) is 20.2 Å². The van der Waals surface area contributed by atoms with E-state index in [1.54, 1.807) is 4.90 Å². The lowest BCUT2D eigenvalue weighted by atomic mass is 10.2. The summed E-state index contributed by atoms with van der Waals surface area (Å²) in [6.45, 7) is 0.652. The average molecular weight is 410 g/mol. The van der Waals surface area contributed by atoms with Gasteiger partial charge in [-0.25, -0.2) is 10.1 Å². The van der Waals surface area contributed by atoms with Crippen molar-refractivity contribution in [3.8, 4) is 11.8 Å². The molecule has 144 valence electrons. The molecule has 0 radical (unpaired) electrons. The fourth-order valence-electron chi connectivity index (χ4n) is 2.84. The van der Waals surface area contributed by atoms with Gasteiger partial charge in [0.05, 0.1) is 29.7 Å². The summed E-state index contributed by atoms with van der Waals surface area (Å²) >= 11 is 6.02. The van der Waals surface area contributed by atoms with Crippen LogP contribution < -0.4 is 15.2 Å². The van der Waals surface area contributed by atoms with Crippen molar-refractivity contribution in [2.75, 3.05) is 4.90 Å². The van der Waals surface area contributed by atoms with Crippen LogP contribution in [0.1, 0.15) is 16.8 Å². The van der Waals surface area contributed by atoms with Gasteiger partial charge in [-0.05, 0) is 12.1 Å². The molecule has 0 fully saturated rings. The van der Waals surface area contributed by atoms with E-state index >= 15 is 0 Å². The largest absolute Gasteiger partial charge is 0.424 e. The molecule has 3 heterocycles. The Bertz CT molecular complexity index is 1100. The molecule has 1 aliphatic heterocycles. The summed E-state index contributed by atoms with van der Waals surface area (Å²) in [6.07, 6.45) is -1.67. The molecule has 0 unspecified atom stereocenters. The normalized spacial score (nSPS) is 13.5. The van der Waals surface area contributed by atoms with Crippen LogP contribution in [0.25, 0.3) is 0 Å². The predicted molar refractivity (Wildman–Crippen MR) is 93.3 cm³/mol. The molecule has 0 aliphatic carbocycles. The van der Waals surface area contributed by atoms with Crippen LogP contribution in [0.3, 0.4) is 0 Å². The Kier molecular flexibility index (Phi) is 4.42. The van der Waals surface area contributed by atoms with E-state index in [9.17, 15) is 18.0 Å². The standard InChI is InChI=1S/C17H11ClF3N5O2/c18-14-12(6-23-25-15(14)27)26-7-9-5-22-16(24-11(9)8-26)28-13-4-2-1-3-10(13)17(19,20)21/h1-6H,7-8H2,(H,25,27). The molecular formula is C17H11ClF3N5O2. The van der Waals surface area contributed by atoms with Crippen LogP contribution in [0.15, 0.2) is 41.5 Å². The fraction of sp³-hybridized carbons (Fsp3) is 0.176. The number of benzene rings is 1. The van der Waals surface area contributed by atoms with E-state index in [1.807, 2.05) is 0 Å². The molecule has 1 N–H and O–H groups in total. The Labute approximate surface area is 160 Å². The molecule has 1 aromatic carbocycles. The molecule has 0 atom stereocenters. The van der Waals surface area contributed by atoms with Crippen molar-refractivity contribution in [2.45, 2.75) is 19.3 Å². The number of rotatable bonds is 3. The first-order chi connectivity index (χ1) is 13.3. The monoisotopic (exact) mass is 409 g/mol. The Balaban J connectivity index is 1.60. The zero-order valence-corrected chi connectivity index (χ0v) is 14.8. The number of para-hydroxylation sites is 1. The summed E-state index contributed by atoms with van der Waals surface area (Å²) in [4.78, 5) is 21.6. The number of H-pyrrole nitrogens is 1. The first kappa shape index (κ1) is 18.2. The van der Waals surface area contributed by atoms with E-state index < -0.39 is 17.3 Å². The van der Waals surface area contributed by atoms with Gasteiger partial charge >= 0.3 is 12.2 Å². The minimum Gasteiger partial charge on any atom is -0.424 e. The van der Waals surface area contributed by atoms with Crippen molar-refractivity contribution >= 4 is 17.3 Å². The molecule has 3 aromatic rings. The quantitative estimate of drug-likeness (QED) is 0.712. The van der Waals surface area contributed by atoms with Gasteiger partial charge in [-0.1, -0.05) is 23.7 Å². The van der Waals surface area contributed by atoms with Crippen molar-refractivity contribution in [3.63, 3.8) is 0 Å². The third kappa shape index (κ3) is 3.38. The van der Waals surface area contributed by atoms with Crippen molar-refractivity contribution in [1.29, 1.82) is 0 Å². The highest BCUT2D eigenvalue weighted by molar-refractivity contribution is 6.33. The fourth-order valence-corrected chi connectivity index (χ4v) is 3.05. The van der Waals surface area contributed by atoms with Crippen LogP contribution in [0.5, 0.6) is 11.8 Å². The number of fused-ring (bicyclic) bond motifs is 1. The number of hydrogen-bond donors (Lipinski definition) is 1. The van der Waals surface area contributed by atoms with Gasteiger partial charge in [0.1, 0.15) is 10.8 Å². The third-order valence-electron chi connectivity index (χ3n) is 4.15. The third-order valence-corrected chi connectivity index (χ3v) is 4.51. The van der Waals surface area contributed by atoms with Crippen molar-refractivity contribution in [2.24, 2.45) is 0 Å². The smallest absolute Gasteiger partial charge is 0.419 e. The first-order valence-electron chi connectivity index (χ1n) is 8.00. The van der Waals surface area contributed by atoms with Crippen LogP contribution in [0.2, 0.25) is 5.02 Å². The molecule has 0 amide bonds. The van der Waals surface area contributed by atoms with E-state index in [4.69, 9.17) is 16.3 Å². The molecule has 28 heavy (non-hydrogen) atoms. The minimum atomic E-state index is -4.56. The highest BCUT2D eigenvalue weighted by atomic mass is 35.5. The van der Waals surface area contributed by atoms with E-state index in [0.29, 0.717) is 17.9 Å². The Morgan fingerprint density at radius 2 is 1.96 bits per heavy atom. The Morgan fingerprint density at radius 3 is 2.75 bits per heavy atom. The SMILES string of the molecule is O=c1[nH]ncc(N2Cc3cnc(Oc4ccccc4C(F)(F)F)nc3C2)c1Cl. The predicted octanol–water partition coefficient (Wildman–Crippen LogP) is 3.54. The number of nitrogens with one attached hydrogen (secondary N) is 1. The number of ether oxygens (including phenoxy) is 1. The number of anilines is 1. The van der Waals surface area contributed by atoms with Gasteiger partial charge in [0, 0.05) is 18.3 Å². The van der Waals surface area contributed by atoms with Gasteiger partial charge in [0.2, 0.25) is 0 Å².